The number of aromatic nitrogens is 2. The smallest absolute Gasteiger partial charge is 0.368 e. The van der Waals surface area contributed by atoms with E-state index in [9.17, 15) is 18.0 Å². The third kappa shape index (κ3) is 5.40. The highest BCUT2D eigenvalue weighted by Gasteiger charge is 2.30. The Morgan fingerprint density at radius 1 is 0.909 bits per heavy atom. The number of benzene rings is 3. The number of hydrogen-bond donors (Lipinski definition) is 2. The van der Waals surface area contributed by atoms with Crippen LogP contribution in [0.5, 0.6) is 0 Å². The van der Waals surface area contributed by atoms with Crippen molar-refractivity contribution in [1.29, 1.82) is 0 Å². The van der Waals surface area contributed by atoms with Crippen molar-refractivity contribution < 1.29 is 18.0 Å². The third-order valence-corrected chi connectivity index (χ3v) is 5.10. The molecule has 0 saturated carbocycles. The Labute approximate surface area is 192 Å². The van der Waals surface area contributed by atoms with E-state index in [4.69, 9.17) is 11.6 Å². The molecule has 1 heterocycles. The molecule has 4 rings (SSSR count). The summed E-state index contributed by atoms with van der Waals surface area (Å²) >= 11 is 6.13. The van der Waals surface area contributed by atoms with Crippen LogP contribution >= 0.6 is 11.6 Å². The molecule has 0 fully saturated rings. The molecular formula is C24H18ClF3N4O. The average Bonchev–Trinajstić information content (AvgIpc) is 2.81. The Balaban J connectivity index is 1.45. The van der Waals surface area contributed by atoms with E-state index in [0.29, 0.717) is 28.7 Å². The number of nitrogens with one attached hydrogen (secondary N) is 2. The van der Waals surface area contributed by atoms with Gasteiger partial charge in [0.25, 0.3) is 5.91 Å². The summed E-state index contributed by atoms with van der Waals surface area (Å²) in [5.74, 6) is 0.649. The lowest BCUT2D eigenvalue weighted by molar-refractivity contribution is -0.137. The van der Waals surface area contributed by atoms with Gasteiger partial charge in [-0.15, -0.1) is 0 Å². The second kappa shape index (κ2) is 9.46. The number of rotatable bonds is 6. The van der Waals surface area contributed by atoms with Gasteiger partial charge in [0.15, 0.2) is 5.82 Å². The Bertz CT molecular complexity index is 1280. The fourth-order valence-electron chi connectivity index (χ4n) is 3.22. The lowest BCUT2D eigenvalue weighted by atomic mass is 10.1. The van der Waals surface area contributed by atoms with E-state index in [1.54, 1.807) is 12.1 Å². The molecule has 0 unspecified atom stereocenters. The van der Waals surface area contributed by atoms with Crippen molar-refractivity contribution in [3.05, 3.63) is 88.9 Å². The van der Waals surface area contributed by atoms with Crippen LogP contribution in [0.1, 0.15) is 15.9 Å². The molecule has 0 saturated heterocycles. The van der Waals surface area contributed by atoms with Crippen molar-refractivity contribution >= 4 is 34.2 Å². The number of fused-ring (bicyclic) bond motifs is 1. The fourth-order valence-corrected chi connectivity index (χ4v) is 3.39. The molecular weight excluding hydrogens is 453 g/mol. The largest absolute Gasteiger partial charge is 0.416 e. The SMILES string of the molecule is O=C(NCCNc1nc(-c2ccccc2)nc2cc(Cl)ccc12)c1ccc(C(F)(F)F)cc1. The van der Waals surface area contributed by atoms with Gasteiger partial charge in [-0.2, -0.15) is 13.2 Å². The van der Waals surface area contributed by atoms with Crippen molar-refractivity contribution in [3.8, 4) is 11.4 Å². The molecule has 1 amide bonds. The van der Waals surface area contributed by atoms with Crippen LogP contribution in [-0.4, -0.2) is 29.0 Å². The molecule has 4 aromatic rings. The molecule has 0 aliphatic heterocycles. The predicted octanol–water partition coefficient (Wildman–Crippen LogP) is 5.81. The molecule has 0 aliphatic rings. The topological polar surface area (TPSA) is 66.9 Å². The van der Waals surface area contributed by atoms with Gasteiger partial charge in [-0.05, 0) is 42.5 Å². The second-order valence-corrected chi connectivity index (χ2v) is 7.62. The summed E-state index contributed by atoms with van der Waals surface area (Å²) in [6.07, 6.45) is -4.44. The molecule has 0 bridgehead atoms. The number of alkyl halides is 3. The van der Waals surface area contributed by atoms with Gasteiger partial charge in [-0.3, -0.25) is 4.79 Å². The summed E-state index contributed by atoms with van der Waals surface area (Å²) in [6.45, 7) is 0.578. The Hall–Kier alpha value is -3.65. The highest BCUT2D eigenvalue weighted by molar-refractivity contribution is 6.31. The van der Waals surface area contributed by atoms with Gasteiger partial charge in [0.05, 0.1) is 11.1 Å². The summed E-state index contributed by atoms with van der Waals surface area (Å²) < 4.78 is 38.0. The Morgan fingerprint density at radius 3 is 2.33 bits per heavy atom. The zero-order chi connectivity index (χ0) is 23.4. The molecule has 5 nitrogen and oxygen atoms in total. The van der Waals surface area contributed by atoms with Gasteiger partial charge in [-0.25, -0.2) is 9.97 Å². The predicted molar refractivity (Wildman–Crippen MR) is 122 cm³/mol. The van der Waals surface area contributed by atoms with Crippen molar-refractivity contribution in [3.63, 3.8) is 0 Å². The van der Waals surface area contributed by atoms with Crippen LogP contribution in [0.15, 0.2) is 72.8 Å². The van der Waals surface area contributed by atoms with E-state index < -0.39 is 17.6 Å². The summed E-state index contributed by atoms with van der Waals surface area (Å²) in [6, 6.07) is 18.9. The average molecular weight is 471 g/mol. The standard InChI is InChI=1S/C24H18ClF3N4O/c25-18-10-11-19-20(14-18)31-21(15-4-2-1-3-5-15)32-22(19)29-12-13-30-23(33)16-6-8-17(9-7-16)24(26,27)28/h1-11,14H,12-13H2,(H,30,33)(H,29,31,32). The minimum Gasteiger partial charge on any atom is -0.368 e. The first-order chi connectivity index (χ1) is 15.8. The summed E-state index contributed by atoms with van der Waals surface area (Å²) in [4.78, 5) is 21.5. The van der Waals surface area contributed by atoms with Crippen molar-refractivity contribution in [2.75, 3.05) is 18.4 Å². The molecule has 3 aromatic carbocycles. The van der Waals surface area contributed by atoms with Crippen molar-refractivity contribution in [2.24, 2.45) is 0 Å². The molecule has 168 valence electrons. The molecule has 0 aliphatic carbocycles. The highest BCUT2D eigenvalue weighted by Crippen LogP contribution is 2.29. The maximum atomic E-state index is 12.7. The van der Waals surface area contributed by atoms with Gasteiger partial charge in [0.2, 0.25) is 0 Å². The van der Waals surface area contributed by atoms with Crippen LogP contribution in [0, 0.1) is 0 Å². The van der Waals surface area contributed by atoms with Crippen LogP contribution in [0.3, 0.4) is 0 Å². The summed E-state index contributed by atoms with van der Waals surface area (Å²) in [5, 5.41) is 7.20. The molecule has 33 heavy (non-hydrogen) atoms. The van der Waals surface area contributed by atoms with Gasteiger partial charge < -0.3 is 10.6 Å². The molecule has 1 aromatic heterocycles. The highest BCUT2D eigenvalue weighted by atomic mass is 35.5. The number of nitrogens with zero attached hydrogens (tertiary/aromatic N) is 2. The van der Waals surface area contributed by atoms with E-state index in [2.05, 4.69) is 20.6 Å². The molecule has 9 heteroatoms. The van der Waals surface area contributed by atoms with E-state index in [1.165, 1.54) is 0 Å². The first-order valence-electron chi connectivity index (χ1n) is 10.0. The van der Waals surface area contributed by atoms with Gasteiger partial charge >= 0.3 is 6.18 Å². The lowest BCUT2D eigenvalue weighted by Crippen LogP contribution is -2.29. The van der Waals surface area contributed by atoms with E-state index >= 15 is 0 Å². The molecule has 0 radical (unpaired) electrons. The number of carbonyl (C=O) groups excluding carboxylic acids is 1. The number of amides is 1. The Kier molecular flexibility index (Phi) is 6.46. The summed E-state index contributed by atoms with van der Waals surface area (Å²) in [5.41, 5.74) is 0.868. The number of carbonyl (C=O) groups is 1. The summed E-state index contributed by atoms with van der Waals surface area (Å²) in [7, 11) is 0. The van der Waals surface area contributed by atoms with Crippen LogP contribution in [0.4, 0.5) is 19.0 Å². The van der Waals surface area contributed by atoms with Gasteiger partial charge in [-0.1, -0.05) is 41.9 Å². The minimum atomic E-state index is -4.44. The minimum absolute atomic E-state index is 0.150. The van der Waals surface area contributed by atoms with Crippen LogP contribution in [0.2, 0.25) is 5.02 Å². The quantitative estimate of drug-likeness (QED) is 0.349. The molecule has 0 atom stereocenters. The maximum Gasteiger partial charge on any atom is 0.416 e. The van der Waals surface area contributed by atoms with Crippen molar-refractivity contribution in [1.82, 2.24) is 15.3 Å². The van der Waals surface area contributed by atoms with E-state index in [1.807, 2.05) is 36.4 Å². The van der Waals surface area contributed by atoms with Gasteiger partial charge in [0.1, 0.15) is 5.82 Å². The monoisotopic (exact) mass is 470 g/mol. The number of halogens is 4. The first-order valence-corrected chi connectivity index (χ1v) is 10.4. The van der Waals surface area contributed by atoms with E-state index in [-0.39, 0.29) is 12.1 Å². The van der Waals surface area contributed by atoms with Crippen LogP contribution in [0.25, 0.3) is 22.3 Å². The Morgan fingerprint density at radius 2 is 1.64 bits per heavy atom. The molecule has 2 N–H and O–H groups in total. The number of hydrogen-bond acceptors (Lipinski definition) is 4. The lowest BCUT2D eigenvalue weighted by Gasteiger charge is -2.12. The maximum absolute atomic E-state index is 12.7. The zero-order valence-electron chi connectivity index (χ0n) is 17.2. The van der Waals surface area contributed by atoms with Crippen LogP contribution < -0.4 is 10.6 Å². The normalized spacial score (nSPS) is 11.4. The zero-order valence-corrected chi connectivity index (χ0v) is 17.9. The van der Waals surface area contributed by atoms with E-state index in [0.717, 1.165) is 35.2 Å². The van der Waals surface area contributed by atoms with Gasteiger partial charge in [0, 0.05) is 34.6 Å². The molecule has 0 spiro atoms. The number of anilines is 1. The van der Waals surface area contributed by atoms with Crippen molar-refractivity contribution in [2.45, 2.75) is 6.18 Å². The third-order valence-electron chi connectivity index (χ3n) is 4.87. The second-order valence-electron chi connectivity index (χ2n) is 7.18. The fraction of sp³-hybridized carbons (Fsp3) is 0.125. The first kappa shape index (κ1) is 22.5. The van der Waals surface area contributed by atoms with Crippen LogP contribution in [-0.2, 0) is 6.18 Å².